The van der Waals surface area contributed by atoms with Crippen molar-refractivity contribution in [2.75, 3.05) is 0 Å². The summed E-state index contributed by atoms with van der Waals surface area (Å²) in [4.78, 5) is 0. The molecule has 1 heterocycles. The van der Waals surface area contributed by atoms with Gasteiger partial charge in [0.2, 0.25) is 0 Å². The van der Waals surface area contributed by atoms with Crippen molar-refractivity contribution in [3.8, 4) is 0 Å². The van der Waals surface area contributed by atoms with E-state index in [1.807, 2.05) is 26.0 Å². The smallest absolute Gasteiger partial charge is 0.131 e. The molecule has 0 N–H and O–H groups in total. The maximum Gasteiger partial charge on any atom is 0.131 e. The molecule has 0 saturated carbocycles. The summed E-state index contributed by atoms with van der Waals surface area (Å²) >= 11 is 0. The van der Waals surface area contributed by atoms with Gasteiger partial charge < -0.3 is 0 Å². The second-order valence-corrected chi connectivity index (χ2v) is 2.78. The van der Waals surface area contributed by atoms with Crippen molar-refractivity contribution in [1.82, 2.24) is 0 Å². The van der Waals surface area contributed by atoms with Gasteiger partial charge in [-0.25, -0.2) is 0 Å². The summed E-state index contributed by atoms with van der Waals surface area (Å²) < 4.78 is 0. The van der Waals surface area contributed by atoms with E-state index in [0.717, 1.165) is 5.71 Å². The molecule has 0 bridgehead atoms. The number of hydrogen-bond acceptors (Lipinski definition) is 3. The lowest BCUT2D eigenvalue weighted by atomic mass is 10.1. The third-order valence-electron chi connectivity index (χ3n) is 1.80. The van der Waals surface area contributed by atoms with Crippen LogP contribution in [0.2, 0.25) is 0 Å². The van der Waals surface area contributed by atoms with Crippen LogP contribution in [0, 0.1) is 0 Å². The first-order valence-corrected chi connectivity index (χ1v) is 3.99. The normalized spacial score (nSPS) is 23.8. The lowest BCUT2D eigenvalue weighted by Crippen LogP contribution is -2.07. The molecule has 0 aliphatic carbocycles. The molecule has 64 valence electrons. The summed E-state index contributed by atoms with van der Waals surface area (Å²) in [6, 6.07) is 0.0555. The topological polar surface area (TPSA) is 37.1 Å². The minimum Gasteiger partial charge on any atom is -0.155 e. The largest absolute Gasteiger partial charge is 0.155 e. The second kappa shape index (κ2) is 3.95. The fourth-order valence-corrected chi connectivity index (χ4v) is 0.812. The van der Waals surface area contributed by atoms with E-state index in [0.29, 0.717) is 0 Å². The zero-order chi connectivity index (χ0) is 8.97. The van der Waals surface area contributed by atoms with Crippen LogP contribution in [0.25, 0.3) is 0 Å². The van der Waals surface area contributed by atoms with Gasteiger partial charge in [-0.05, 0) is 26.0 Å². The number of nitrogens with zero attached hydrogens (tertiary/aromatic N) is 3. The molecule has 0 aromatic rings. The Bertz CT molecular complexity index is 271. The summed E-state index contributed by atoms with van der Waals surface area (Å²) in [5.41, 5.74) is 2.18. The first-order chi connectivity index (χ1) is 5.74. The summed E-state index contributed by atoms with van der Waals surface area (Å²) in [5, 5.41) is 11.3. The Hall–Kier alpha value is -1.25. The monoisotopic (exact) mass is 163 g/mol. The van der Waals surface area contributed by atoms with Crippen LogP contribution in [-0.2, 0) is 0 Å². The molecule has 0 saturated heterocycles. The van der Waals surface area contributed by atoms with Crippen LogP contribution in [0.3, 0.4) is 0 Å². The van der Waals surface area contributed by atoms with Gasteiger partial charge in [0, 0.05) is 0 Å². The van der Waals surface area contributed by atoms with Crippen molar-refractivity contribution < 1.29 is 0 Å². The van der Waals surface area contributed by atoms with Crippen molar-refractivity contribution in [2.24, 2.45) is 15.4 Å². The Morgan fingerprint density at radius 2 is 2.25 bits per heavy atom. The Morgan fingerprint density at radius 3 is 2.75 bits per heavy atom. The SMILES string of the molecule is C/C=C(C)\C=C/C1N=NN=C1C. The minimum atomic E-state index is 0.0555. The molecule has 12 heavy (non-hydrogen) atoms. The summed E-state index contributed by atoms with van der Waals surface area (Å²) in [6.07, 6.45) is 6.09. The molecule has 3 nitrogen and oxygen atoms in total. The van der Waals surface area contributed by atoms with E-state index in [1.54, 1.807) is 0 Å². The molecule has 1 aliphatic rings. The minimum absolute atomic E-state index is 0.0555. The molecule has 0 radical (unpaired) electrons. The number of rotatable bonds is 2. The lowest BCUT2D eigenvalue weighted by Gasteiger charge is -1.96. The third kappa shape index (κ3) is 2.12. The molecular formula is C9H13N3. The van der Waals surface area contributed by atoms with E-state index in [9.17, 15) is 0 Å². The lowest BCUT2D eigenvalue weighted by molar-refractivity contribution is 0.973. The van der Waals surface area contributed by atoms with Gasteiger partial charge in [0.15, 0.2) is 0 Å². The van der Waals surface area contributed by atoms with Crippen LogP contribution in [0.15, 0.2) is 39.2 Å². The Labute approximate surface area is 72.6 Å². The standard InChI is InChI=1S/C9H13N3/c1-4-7(2)5-6-9-8(3)10-12-11-9/h4-6,9H,1-3H3/b6-5-,7-4-. The Balaban J connectivity index is 2.58. The molecule has 0 aromatic heterocycles. The van der Waals surface area contributed by atoms with Gasteiger partial charge in [0.1, 0.15) is 6.04 Å². The Kier molecular flexibility index (Phi) is 2.91. The molecule has 1 unspecified atom stereocenters. The van der Waals surface area contributed by atoms with Crippen molar-refractivity contribution in [3.05, 3.63) is 23.8 Å². The van der Waals surface area contributed by atoms with E-state index in [4.69, 9.17) is 0 Å². The van der Waals surface area contributed by atoms with Crippen molar-refractivity contribution in [1.29, 1.82) is 0 Å². The van der Waals surface area contributed by atoms with E-state index in [1.165, 1.54) is 5.57 Å². The molecule has 0 aromatic carbocycles. The first kappa shape index (κ1) is 8.84. The highest BCUT2D eigenvalue weighted by molar-refractivity contribution is 5.89. The van der Waals surface area contributed by atoms with Crippen LogP contribution in [0.5, 0.6) is 0 Å². The van der Waals surface area contributed by atoms with Crippen LogP contribution >= 0.6 is 0 Å². The molecule has 0 amide bonds. The van der Waals surface area contributed by atoms with Crippen molar-refractivity contribution >= 4 is 5.71 Å². The van der Waals surface area contributed by atoms with Gasteiger partial charge >= 0.3 is 0 Å². The van der Waals surface area contributed by atoms with Gasteiger partial charge in [-0.3, -0.25) is 0 Å². The predicted octanol–water partition coefficient (Wildman–Crippen LogP) is 2.72. The Morgan fingerprint density at radius 1 is 1.50 bits per heavy atom. The third-order valence-corrected chi connectivity index (χ3v) is 1.80. The average molecular weight is 163 g/mol. The zero-order valence-corrected chi connectivity index (χ0v) is 7.65. The van der Waals surface area contributed by atoms with Crippen molar-refractivity contribution in [3.63, 3.8) is 0 Å². The second-order valence-electron chi connectivity index (χ2n) is 2.78. The molecule has 1 aliphatic heterocycles. The summed E-state index contributed by atoms with van der Waals surface area (Å²) in [7, 11) is 0. The van der Waals surface area contributed by atoms with Crippen LogP contribution < -0.4 is 0 Å². The molecule has 1 atom stereocenters. The van der Waals surface area contributed by atoms with E-state index >= 15 is 0 Å². The molecule has 1 rings (SSSR count). The van der Waals surface area contributed by atoms with Crippen LogP contribution in [-0.4, -0.2) is 11.8 Å². The highest BCUT2D eigenvalue weighted by Gasteiger charge is 2.10. The van der Waals surface area contributed by atoms with E-state index in [-0.39, 0.29) is 6.04 Å². The highest BCUT2D eigenvalue weighted by Crippen LogP contribution is 2.07. The average Bonchev–Trinajstić information content (AvgIpc) is 2.47. The quantitative estimate of drug-likeness (QED) is 0.561. The molecule has 3 heteroatoms. The fourth-order valence-electron chi connectivity index (χ4n) is 0.812. The summed E-state index contributed by atoms with van der Waals surface area (Å²) in [5.74, 6) is 0. The maximum absolute atomic E-state index is 3.93. The van der Waals surface area contributed by atoms with Gasteiger partial charge in [-0.1, -0.05) is 23.8 Å². The van der Waals surface area contributed by atoms with Gasteiger partial charge in [0.05, 0.1) is 5.71 Å². The maximum atomic E-state index is 3.93. The van der Waals surface area contributed by atoms with Crippen LogP contribution in [0.4, 0.5) is 0 Å². The van der Waals surface area contributed by atoms with Gasteiger partial charge in [-0.2, -0.15) is 5.11 Å². The van der Waals surface area contributed by atoms with E-state index in [2.05, 4.69) is 28.4 Å². The highest BCUT2D eigenvalue weighted by atomic mass is 15.4. The fraction of sp³-hybridized carbons (Fsp3) is 0.444. The van der Waals surface area contributed by atoms with E-state index < -0.39 is 0 Å². The van der Waals surface area contributed by atoms with Crippen LogP contribution in [0.1, 0.15) is 20.8 Å². The zero-order valence-electron chi connectivity index (χ0n) is 7.65. The van der Waals surface area contributed by atoms with Crippen molar-refractivity contribution in [2.45, 2.75) is 26.8 Å². The number of hydrogen-bond donors (Lipinski definition) is 0. The van der Waals surface area contributed by atoms with Gasteiger partial charge in [-0.15, -0.1) is 5.10 Å². The first-order valence-electron chi connectivity index (χ1n) is 3.99. The van der Waals surface area contributed by atoms with Gasteiger partial charge in [0.25, 0.3) is 0 Å². The number of allylic oxidation sites excluding steroid dienone is 3. The summed E-state index contributed by atoms with van der Waals surface area (Å²) in [6.45, 7) is 5.99. The predicted molar refractivity (Wildman–Crippen MR) is 50.3 cm³/mol. The molecule has 0 spiro atoms. The molecule has 0 fully saturated rings. The molecular weight excluding hydrogens is 150 g/mol.